The van der Waals surface area contributed by atoms with Crippen LogP contribution in [0.1, 0.15) is 18.1 Å². The van der Waals surface area contributed by atoms with Crippen LogP contribution in [0, 0.1) is 13.8 Å². The summed E-state index contributed by atoms with van der Waals surface area (Å²) in [5.74, 6) is -0.511. The largest absolute Gasteiger partial charge is 0.326 e. The average Bonchev–Trinajstić information content (AvgIpc) is 2.70. The summed E-state index contributed by atoms with van der Waals surface area (Å²) in [6.07, 6.45) is 0. The quantitative estimate of drug-likeness (QED) is 0.485. The number of carbonyl (C=O) groups is 2. The normalized spacial score (nSPS) is 10.6. The van der Waals surface area contributed by atoms with Crippen LogP contribution >= 0.6 is 23.4 Å². The minimum absolute atomic E-state index is 0.0249. The number of halogens is 1. The summed E-state index contributed by atoms with van der Waals surface area (Å²) in [6, 6.07) is 10.5. The molecule has 3 rings (SSSR count). The van der Waals surface area contributed by atoms with Gasteiger partial charge in [-0.1, -0.05) is 41.1 Å². The molecular weight excluding hydrogens is 438 g/mol. The van der Waals surface area contributed by atoms with E-state index in [4.69, 9.17) is 11.6 Å². The fourth-order valence-electron chi connectivity index (χ4n) is 2.72. The number of thioether (sulfide) groups is 1. The molecule has 0 unspecified atom stereocenters. The van der Waals surface area contributed by atoms with Crippen molar-refractivity contribution in [1.82, 2.24) is 15.2 Å². The molecule has 2 aromatic carbocycles. The molecule has 0 fully saturated rings. The van der Waals surface area contributed by atoms with Crippen LogP contribution in [0.2, 0.25) is 5.02 Å². The molecule has 0 saturated carbocycles. The van der Waals surface area contributed by atoms with E-state index in [2.05, 4.69) is 25.8 Å². The number of carbonyl (C=O) groups excluding carboxylic acids is 2. The molecule has 2 amide bonds. The number of hydrogen-bond acceptors (Lipinski definition) is 6. The third-order valence-corrected chi connectivity index (χ3v) is 5.48. The van der Waals surface area contributed by atoms with E-state index < -0.39 is 5.56 Å². The standard InChI is InChI=1S/C21H20ClN5O3S/c1-11-4-7-17(23-13(3)28)15(8-11)19-20(30)25-21(27-26-19)31-10-18(29)24-14-6-5-12(2)16(22)9-14/h4-9H,10H2,1-3H3,(H,23,28)(H,24,29)(H,25,27,30). The summed E-state index contributed by atoms with van der Waals surface area (Å²) < 4.78 is 0. The van der Waals surface area contributed by atoms with Gasteiger partial charge in [-0.2, -0.15) is 0 Å². The lowest BCUT2D eigenvalue weighted by molar-refractivity contribution is -0.114. The Kier molecular flexibility index (Phi) is 7.09. The zero-order chi connectivity index (χ0) is 22.5. The number of anilines is 2. The van der Waals surface area contributed by atoms with Crippen LogP contribution in [-0.4, -0.2) is 32.7 Å². The molecular formula is C21H20ClN5O3S. The monoisotopic (exact) mass is 457 g/mol. The third kappa shape index (κ3) is 5.93. The van der Waals surface area contributed by atoms with Crippen molar-refractivity contribution >= 4 is 46.6 Å². The number of nitrogens with one attached hydrogen (secondary N) is 3. The molecule has 160 valence electrons. The Hall–Kier alpha value is -3.17. The van der Waals surface area contributed by atoms with E-state index in [0.29, 0.717) is 22.0 Å². The summed E-state index contributed by atoms with van der Waals surface area (Å²) in [4.78, 5) is 38.9. The molecule has 1 heterocycles. The molecule has 1 aromatic heterocycles. The molecule has 0 aliphatic rings. The lowest BCUT2D eigenvalue weighted by atomic mass is 10.1. The van der Waals surface area contributed by atoms with Gasteiger partial charge in [-0.15, -0.1) is 10.2 Å². The smallest absolute Gasteiger partial charge is 0.278 e. The maximum absolute atomic E-state index is 12.6. The number of rotatable bonds is 6. The Morgan fingerprint density at radius 1 is 1.10 bits per heavy atom. The Morgan fingerprint density at radius 3 is 2.55 bits per heavy atom. The predicted octanol–water partition coefficient (Wildman–Crippen LogP) is 3.79. The topological polar surface area (TPSA) is 117 Å². The molecule has 0 aliphatic heterocycles. The van der Waals surface area contributed by atoms with Gasteiger partial charge >= 0.3 is 0 Å². The van der Waals surface area contributed by atoms with Gasteiger partial charge < -0.3 is 10.6 Å². The first kappa shape index (κ1) is 22.5. The average molecular weight is 458 g/mol. The fraction of sp³-hybridized carbons (Fsp3) is 0.190. The summed E-state index contributed by atoms with van der Waals surface area (Å²) in [5.41, 5.74) is 2.94. The zero-order valence-electron chi connectivity index (χ0n) is 17.1. The van der Waals surface area contributed by atoms with Gasteiger partial charge in [0.05, 0.1) is 11.4 Å². The highest BCUT2D eigenvalue weighted by Crippen LogP contribution is 2.26. The Labute approximate surface area is 187 Å². The maximum Gasteiger partial charge on any atom is 0.278 e. The second-order valence-corrected chi connectivity index (χ2v) is 8.21. The van der Waals surface area contributed by atoms with Crippen molar-refractivity contribution in [3.63, 3.8) is 0 Å². The van der Waals surface area contributed by atoms with Crippen molar-refractivity contribution in [2.75, 3.05) is 16.4 Å². The molecule has 0 radical (unpaired) electrons. The van der Waals surface area contributed by atoms with Gasteiger partial charge in [0.25, 0.3) is 5.56 Å². The van der Waals surface area contributed by atoms with Crippen LogP contribution in [0.15, 0.2) is 46.3 Å². The van der Waals surface area contributed by atoms with E-state index in [1.807, 2.05) is 26.0 Å². The van der Waals surface area contributed by atoms with Crippen LogP contribution in [-0.2, 0) is 9.59 Å². The van der Waals surface area contributed by atoms with E-state index in [0.717, 1.165) is 22.9 Å². The first-order valence-corrected chi connectivity index (χ1v) is 10.6. The minimum atomic E-state index is -0.472. The van der Waals surface area contributed by atoms with Crippen LogP contribution in [0.25, 0.3) is 11.3 Å². The molecule has 3 N–H and O–H groups in total. The minimum Gasteiger partial charge on any atom is -0.326 e. The lowest BCUT2D eigenvalue weighted by Crippen LogP contribution is -2.18. The predicted molar refractivity (Wildman–Crippen MR) is 123 cm³/mol. The van der Waals surface area contributed by atoms with Crippen LogP contribution in [0.3, 0.4) is 0 Å². The van der Waals surface area contributed by atoms with Crippen molar-refractivity contribution < 1.29 is 9.59 Å². The molecule has 8 nitrogen and oxygen atoms in total. The number of amides is 2. The summed E-state index contributed by atoms with van der Waals surface area (Å²) >= 11 is 7.11. The second kappa shape index (κ2) is 9.76. The van der Waals surface area contributed by atoms with Gasteiger partial charge in [0.1, 0.15) is 0 Å². The van der Waals surface area contributed by atoms with Gasteiger partial charge in [0.15, 0.2) is 10.9 Å². The Bertz CT molecular complexity index is 1210. The van der Waals surface area contributed by atoms with Crippen molar-refractivity contribution in [3.8, 4) is 11.3 Å². The fourth-order valence-corrected chi connectivity index (χ4v) is 3.50. The molecule has 10 heteroatoms. The molecule has 0 spiro atoms. The van der Waals surface area contributed by atoms with Crippen molar-refractivity contribution in [1.29, 1.82) is 0 Å². The van der Waals surface area contributed by atoms with Gasteiger partial charge in [-0.05, 0) is 43.7 Å². The van der Waals surface area contributed by atoms with E-state index in [9.17, 15) is 14.4 Å². The van der Waals surface area contributed by atoms with Gasteiger partial charge in [-0.3, -0.25) is 19.4 Å². The molecule has 3 aromatic rings. The first-order chi connectivity index (χ1) is 14.7. The first-order valence-electron chi connectivity index (χ1n) is 9.27. The molecule has 31 heavy (non-hydrogen) atoms. The van der Waals surface area contributed by atoms with Gasteiger partial charge in [-0.25, -0.2) is 0 Å². The zero-order valence-corrected chi connectivity index (χ0v) is 18.6. The van der Waals surface area contributed by atoms with Crippen molar-refractivity contribution in [2.45, 2.75) is 25.9 Å². The van der Waals surface area contributed by atoms with Crippen molar-refractivity contribution in [3.05, 3.63) is 62.9 Å². The van der Waals surface area contributed by atoms with Gasteiger partial charge in [0.2, 0.25) is 11.8 Å². The van der Waals surface area contributed by atoms with E-state index in [-0.39, 0.29) is 28.4 Å². The number of aryl methyl sites for hydroxylation is 2. The highest BCUT2D eigenvalue weighted by atomic mass is 35.5. The Morgan fingerprint density at radius 2 is 1.87 bits per heavy atom. The molecule has 0 atom stereocenters. The Balaban J connectivity index is 1.72. The summed E-state index contributed by atoms with van der Waals surface area (Å²) in [5, 5.41) is 14.2. The number of H-pyrrole nitrogens is 1. The number of nitrogens with zero attached hydrogens (tertiary/aromatic N) is 2. The van der Waals surface area contributed by atoms with Crippen LogP contribution in [0.5, 0.6) is 0 Å². The highest BCUT2D eigenvalue weighted by Gasteiger charge is 2.14. The van der Waals surface area contributed by atoms with E-state index in [1.165, 1.54) is 6.92 Å². The SMILES string of the molecule is CC(=O)Nc1ccc(C)cc1-c1nnc(SCC(=O)Nc2ccc(C)c(Cl)c2)[nH]c1=O. The lowest BCUT2D eigenvalue weighted by Gasteiger charge is -2.10. The highest BCUT2D eigenvalue weighted by molar-refractivity contribution is 7.99. The van der Waals surface area contributed by atoms with Crippen LogP contribution < -0.4 is 16.2 Å². The number of hydrogen-bond donors (Lipinski definition) is 3. The third-order valence-electron chi connectivity index (χ3n) is 4.21. The molecule has 0 aliphatic carbocycles. The summed E-state index contributed by atoms with van der Waals surface area (Å²) in [6.45, 7) is 5.12. The second-order valence-electron chi connectivity index (χ2n) is 6.84. The summed E-state index contributed by atoms with van der Waals surface area (Å²) in [7, 11) is 0. The van der Waals surface area contributed by atoms with Crippen molar-refractivity contribution in [2.24, 2.45) is 0 Å². The molecule has 0 bridgehead atoms. The number of aromatic nitrogens is 3. The number of aromatic amines is 1. The van der Waals surface area contributed by atoms with Crippen LogP contribution in [0.4, 0.5) is 11.4 Å². The number of benzene rings is 2. The maximum atomic E-state index is 12.6. The van der Waals surface area contributed by atoms with Gasteiger partial charge in [0, 0.05) is 23.2 Å². The van der Waals surface area contributed by atoms with E-state index >= 15 is 0 Å². The van der Waals surface area contributed by atoms with E-state index in [1.54, 1.807) is 24.3 Å². The molecule has 0 saturated heterocycles.